The summed E-state index contributed by atoms with van der Waals surface area (Å²) < 4.78 is 12.8. The van der Waals surface area contributed by atoms with Gasteiger partial charge in [0, 0.05) is 17.3 Å². The maximum absolute atomic E-state index is 12.8. The SMILES string of the molecule is Cc1ccc2ccnc(Nc3ccc(F)cn3)c2n1. The second-order valence-electron chi connectivity index (χ2n) is 4.17. The third-order valence-corrected chi connectivity index (χ3v) is 2.72. The molecule has 0 unspecified atom stereocenters. The van der Waals surface area contributed by atoms with E-state index in [1.165, 1.54) is 6.07 Å². The van der Waals surface area contributed by atoms with Crippen LogP contribution in [-0.2, 0) is 0 Å². The Balaban J connectivity index is 2.05. The summed E-state index contributed by atoms with van der Waals surface area (Å²) in [6.07, 6.45) is 2.86. The van der Waals surface area contributed by atoms with Gasteiger partial charge in [-0.15, -0.1) is 0 Å². The van der Waals surface area contributed by atoms with Gasteiger partial charge >= 0.3 is 0 Å². The summed E-state index contributed by atoms with van der Waals surface area (Å²) in [6.45, 7) is 1.92. The molecule has 0 fully saturated rings. The van der Waals surface area contributed by atoms with Crippen molar-refractivity contribution in [2.24, 2.45) is 0 Å². The van der Waals surface area contributed by atoms with E-state index in [-0.39, 0.29) is 5.82 Å². The molecule has 5 heteroatoms. The molecule has 3 rings (SSSR count). The molecule has 3 aromatic heterocycles. The normalized spacial score (nSPS) is 10.6. The lowest BCUT2D eigenvalue weighted by atomic mass is 10.2. The Labute approximate surface area is 109 Å². The monoisotopic (exact) mass is 254 g/mol. The standard InChI is InChI=1S/C14H11FN4/c1-9-2-3-10-6-7-16-14(13(10)18-9)19-12-5-4-11(15)8-17-12/h2-8H,1H3,(H,16,17,19). The lowest BCUT2D eigenvalue weighted by Gasteiger charge is -2.07. The first-order valence-electron chi connectivity index (χ1n) is 5.83. The molecule has 0 spiro atoms. The zero-order chi connectivity index (χ0) is 13.2. The molecule has 0 saturated carbocycles. The highest BCUT2D eigenvalue weighted by molar-refractivity contribution is 5.89. The third-order valence-electron chi connectivity index (χ3n) is 2.72. The Kier molecular flexibility index (Phi) is 2.79. The molecule has 0 bridgehead atoms. The van der Waals surface area contributed by atoms with Crippen LogP contribution in [0.1, 0.15) is 5.69 Å². The van der Waals surface area contributed by atoms with Crippen LogP contribution in [0.4, 0.5) is 16.0 Å². The summed E-state index contributed by atoms with van der Waals surface area (Å²) >= 11 is 0. The molecule has 1 N–H and O–H groups in total. The van der Waals surface area contributed by atoms with Gasteiger partial charge in [0.05, 0.1) is 6.20 Å². The molecule has 0 amide bonds. The molecule has 0 aromatic carbocycles. The van der Waals surface area contributed by atoms with Gasteiger partial charge < -0.3 is 5.32 Å². The summed E-state index contributed by atoms with van der Waals surface area (Å²) in [4.78, 5) is 12.7. The quantitative estimate of drug-likeness (QED) is 0.762. The predicted octanol–water partition coefficient (Wildman–Crippen LogP) is 3.22. The molecule has 0 aliphatic rings. The van der Waals surface area contributed by atoms with Crippen LogP contribution in [0.25, 0.3) is 10.9 Å². The number of anilines is 2. The number of aryl methyl sites for hydroxylation is 1. The molecule has 0 aliphatic heterocycles. The fraction of sp³-hybridized carbons (Fsp3) is 0.0714. The molecule has 94 valence electrons. The van der Waals surface area contributed by atoms with Crippen molar-refractivity contribution in [3.05, 3.63) is 54.2 Å². The van der Waals surface area contributed by atoms with Crippen LogP contribution in [0.15, 0.2) is 42.7 Å². The van der Waals surface area contributed by atoms with Gasteiger partial charge in [-0.3, -0.25) is 0 Å². The number of rotatable bonds is 2. The minimum absolute atomic E-state index is 0.370. The number of nitrogens with one attached hydrogen (secondary N) is 1. The average molecular weight is 254 g/mol. The van der Waals surface area contributed by atoms with Crippen molar-refractivity contribution >= 4 is 22.5 Å². The summed E-state index contributed by atoms with van der Waals surface area (Å²) in [6, 6.07) is 8.74. The summed E-state index contributed by atoms with van der Waals surface area (Å²) in [5.74, 6) is 0.774. The minimum Gasteiger partial charge on any atom is -0.323 e. The number of fused-ring (bicyclic) bond motifs is 1. The van der Waals surface area contributed by atoms with E-state index in [0.717, 1.165) is 22.8 Å². The van der Waals surface area contributed by atoms with E-state index in [2.05, 4.69) is 20.3 Å². The fourth-order valence-electron chi connectivity index (χ4n) is 1.81. The summed E-state index contributed by atoms with van der Waals surface area (Å²) in [7, 11) is 0. The second-order valence-corrected chi connectivity index (χ2v) is 4.17. The van der Waals surface area contributed by atoms with Crippen molar-refractivity contribution in [1.82, 2.24) is 15.0 Å². The molecule has 0 radical (unpaired) electrons. The number of pyridine rings is 3. The second kappa shape index (κ2) is 4.61. The highest BCUT2D eigenvalue weighted by atomic mass is 19.1. The van der Waals surface area contributed by atoms with Gasteiger partial charge in [-0.05, 0) is 31.2 Å². The molecular formula is C14H11FN4. The van der Waals surface area contributed by atoms with E-state index in [9.17, 15) is 4.39 Å². The summed E-state index contributed by atoms with van der Waals surface area (Å²) in [5, 5.41) is 4.04. The maximum Gasteiger partial charge on any atom is 0.158 e. The Hall–Kier alpha value is -2.56. The van der Waals surface area contributed by atoms with Gasteiger partial charge in [-0.2, -0.15) is 0 Å². The first-order valence-corrected chi connectivity index (χ1v) is 5.83. The molecule has 0 atom stereocenters. The van der Waals surface area contributed by atoms with Crippen molar-refractivity contribution in [3.8, 4) is 0 Å². The maximum atomic E-state index is 12.8. The summed E-state index contributed by atoms with van der Waals surface area (Å²) in [5.41, 5.74) is 1.68. The highest BCUT2D eigenvalue weighted by Crippen LogP contribution is 2.21. The zero-order valence-corrected chi connectivity index (χ0v) is 10.3. The van der Waals surface area contributed by atoms with Crippen LogP contribution < -0.4 is 5.32 Å². The molecule has 0 aliphatic carbocycles. The molecule has 3 heterocycles. The predicted molar refractivity (Wildman–Crippen MR) is 71.8 cm³/mol. The average Bonchev–Trinajstić information content (AvgIpc) is 2.42. The van der Waals surface area contributed by atoms with Crippen molar-refractivity contribution in [2.75, 3.05) is 5.32 Å². The fourth-order valence-corrected chi connectivity index (χ4v) is 1.81. The number of hydrogen-bond acceptors (Lipinski definition) is 4. The Morgan fingerprint density at radius 1 is 1.05 bits per heavy atom. The van der Waals surface area contributed by atoms with E-state index < -0.39 is 0 Å². The van der Waals surface area contributed by atoms with Crippen molar-refractivity contribution in [3.63, 3.8) is 0 Å². The first kappa shape index (κ1) is 11.5. The molecule has 0 saturated heterocycles. The zero-order valence-electron chi connectivity index (χ0n) is 10.3. The minimum atomic E-state index is -0.370. The van der Waals surface area contributed by atoms with E-state index in [1.54, 1.807) is 12.3 Å². The van der Waals surface area contributed by atoms with E-state index >= 15 is 0 Å². The van der Waals surface area contributed by atoms with E-state index in [4.69, 9.17) is 0 Å². The lowest BCUT2D eigenvalue weighted by Crippen LogP contribution is -1.98. The molecule has 3 aromatic rings. The van der Waals surface area contributed by atoms with Crippen molar-refractivity contribution in [1.29, 1.82) is 0 Å². The van der Waals surface area contributed by atoms with Gasteiger partial charge in [-0.25, -0.2) is 19.3 Å². The van der Waals surface area contributed by atoms with Crippen LogP contribution in [-0.4, -0.2) is 15.0 Å². The van der Waals surface area contributed by atoms with Crippen LogP contribution in [0.5, 0.6) is 0 Å². The number of hydrogen-bond donors (Lipinski definition) is 1. The van der Waals surface area contributed by atoms with E-state index in [0.29, 0.717) is 11.6 Å². The van der Waals surface area contributed by atoms with Crippen LogP contribution in [0.2, 0.25) is 0 Å². The van der Waals surface area contributed by atoms with Gasteiger partial charge in [0.2, 0.25) is 0 Å². The molecule has 4 nitrogen and oxygen atoms in total. The van der Waals surface area contributed by atoms with Crippen LogP contribution >= 0.6 is 0 Å². The van der Waals surface area contributed by atoms with Gasteiger partial charge in [-0.1, -0.05) is 6.07 Å². The third kappa shape index (κ3) is 2.35. The molecular weight excluding hydrogens is 243 g/mol. The van der Waals surface area contributed by atoms with Crippen LogP contribution in [0, 0.1) is 12.7 Å². The van der Waals surface area contributed by atoms with Gasteiger partial charge in [0.1, 0.15) is 17.2 Å². The smallest absolute Gasteiger partial charge is 0.158 e. The topological polar surface area (TPSA) is 50.7 Å². The Bertz CT molecular complexity index is 725. The number of halogens is 1. The van der Waals surface area contributed by atoms with Gasteiger partial charge in [0.15, 0.2) is 5.82 Å². The first-order chi connectivity index (χ1) is 9.22. The van der Waals surface area contributed by atoms with Crippen molar-refractivity contribution < 1.29 is 4.39 Å². The van der Waals surface area contributed by atoms with Crippen LogP contribution in [0.3, 0.4) is 0 Å². The van der Waals surface area contributed by atoms with E-state index in [1.807, 2.05) is 25.1 Å². The Morgan fingerprint density at radius 2 is 1.95 bits per heavy atom. The Morgan fingerprint density at radius 3 is 2.74 bits per heavy atom. The lowest BCUT2D eigenvalue weighted by molar-refractivity contribution is 0.622. The number of aromatic nitrogens is 3. The van der Waals surface area contributed by atoms with Gasteiger partial charge in [0.25, 0.3) is 0 Å². The highest BCUT2D eigenvalue weighted by Gasteiger charge is 2.05. The number of nitrogens with zero attached hydrogens (tertiary/aromatic N) is 3. The van der Waals surface area contributed by atoms with Crippen molar-refractivity contribution in [2.45, 2.75) is 6.92 Å². The largest absolute Gasteiger partial charge is 0.323 e. The molecule has 19 heavy (non-hydrogen) atoms.